The van der Waals surface area contributed by atoms with Crippen LogP contribution in [-0.4, -0.2) is 49.4 Å². The zero-order valence-corrected chi connectivity index (χ0v) is 24.9. The van der Waals surface area contributed by atoms with E-state index in [2.05, 4.69) is 0 Å². The Morgan fingerprint density at radius 2 is 1.38 bits per heavy atom. The lowest BCUT2D eigenvalue weighted by atomic mass is 10.0. The first-order valence-corrected chi connectivity index (χ1v) is 14.3. The summed E-state index contributed by atoms with van der Waals surface area (Å²) in [7, 11) is 0. The molecule has 226 valence electrons. The molecule has 4 atom stereocenters. The van der Waals surface area contributed by atoms with Crippen molar-refractivity contribution < 1.29 is 42.9 Å². The van der Waals surface area contributed by atoms with Crippen LogP contribution in [0.2, 0.25) is 0 Å². The Morgan fingerprint density at radius 3 is 1.95 bits per heavy atom. The van der Waals surface area contributed by atoms with E-state index < -0.39 is 36.2 Å². The van der Waals surface area contributed by atoms with E-state index in [0.717, 1.165) is 32.1 Å². The molecule has 0 aromatic heterocycles. The molecule has 2 unspecified atom stereocenters. The Morgan fingerprint density at radius 1 is 0.775 bits per heavy atom. The minimum atomic E-state index is -1.03. The molecule has 0 heterocycles. The van der Waals surface area contributed by atoms with Crippen LogP contribution in [0.1, 0.15) is 92.1 Å². The molecule has 2 N–H and O–H groups in total. The number of hydrogen-bond donors (Lipinski definition) is 1. The fourth-order valence-corrected chi connectivity index (χ4v) is 3.75. The normalized spacial score (nSPS) is 13.9. The van der Waals surface area contributed by atoms with Crippen molar-refractivity contribution in [1.29, 1.82) is 0 Å². The third kappa shape index (κ3) is 13.3. The van der Waals surface area contributed by atoms with Crippen LogP contribution in [0.25, 0.3) is 0 Å². The fraction of sp³-hybridized carbons (Fsp3) is 0.667. The third-order valence-electron chi connectivity index (χ3n) is 6.16. The van der Waals surface area contributed by atoms with Gasteiger partial charge in [0.25, 0.3) is 0 Å². The van der Waals surface area contributed by atoms with Gasteiger partial charge in [0.2, 0.25) is 0 Å². The van der Waals surface area contributed by atoms with Crippen LogP contribution >= 0.6 is 0 Å². The minimum absolute atomic E-state index is 0.0725. The van der Waals surface area contributed by atoms with Crippen molar-refractivity contribution in [2.45, 2.75) is 105 Å². The lowest BCUT2D eigenvalue weighted by molar-refractivity contribution is -0.148. The van der Waals surface area contributed by atoms with Crippen LogP contribution in [0.4, 0.5) is 4.79 Å². The molecule has 1 aromatic rings. The zero-order chi connectivity index (χ0) is 30.1. The van der Waals surface area contributed by atoms with E-state index in [1.165, 1.54) is 12.1 Å². The largest absolute Gasteiger partial charge is 0.508 e. The maximum atomic E-state index is 12.6. The van der Waals surface area contributed by atoms with Gasteiger partial charge in [-0.25, -0.2) is 4.79 Å². The van der Waals surface area contributed by atoms with Crippen molar-refractivity contribution in [1.82, 2.24) is 0 Å². The summed E-state index contributed by atoms with van der Waals surface area (Å²) in [5.41, 5.74) is 6.64. The molecular weight excluding hydrogens is 518 g/mol. The van der Waals surface area contributed by atoms with Gasteiger partial charge in [0.1, 0.15) is 18.8 Å². The van der Waals surface area contributed by atoms with Gasteiger partial charge in [0.05, 0.1) is 18.4 Å². The van der Waals surface area contributed by atoms with Gasteiger partial charge in [-0.1, -0.05) is 66.4 Å². The highest BCUT2D eigenvalue weighted by atomic mass is 16.7. The highest BCUT2D eigenvalue weighted by molar-refractivity contribution is 5.79. The zero-order valence-electron chi connectivity index (χ0n) is 24.9. The number of unbranched alkanes of at least 4 members (excludes halogenated alkanes) is 2. The summed E-state index contributed by atoms with van der Waals surface area (Å²) >= 11 is 0. The Bertz CT molecular complexity index is 949. The van der Waals surface area contributed by atoms with Crippen molar-refractivity contribution in [3.8, 4) is 11.5 Å². The summed E-state index contributed by atoms with van der Waals surface area (Å²) in [6.45, 7) is 11.2. The lowest BCUT2D eigenvalue weighted by Crippen LogP contribution is -2.36. The van der Waals surface area contributed by atoms with Crippen molar-refractivity contribution in [3.05, 3.63) is 23.8 Å². The average Bonchev–Trinajstić information content (AvgIpc) is 2.91. The van der Waals surface area contributed by atoms with Gasteiger partial charge in [0, 0.05) is 0 Å². The second-order valence-electron chi connectivity index (χ2n) is 10.2. The molecule has 0 spiro atoms. The van der Waals surface area contributed by atoms with E-state index in [1.807, 2.05) is 20.8 Å². The number of nitrogens with two attached hydrogens (primary N) is 1. The van der Waals surface area contributed by atoms with Gasteiger partial charge in [-0.3, -0.25) is 14.4 Å². The highest BCUT2D eigenvalue weighted by Crippen LogP contribution is 2.31. The van der Waals surface area contributed by atoms with Crippen molar-refractivity contribution >= 4 is 24.1 Å². The van der Waals surface area contributed by atoms with Crippen LogP contribution in [0.15, 0.2) is 18.2 Å². The summed E-state index contributed by atoms with van der Waals surface area (Å²) < 4.78 is 26.4. The Balaban J connectivity index is 2.82. The van der Waals surface area contributed by atoms with E-state index in [-0.39, 0.29) is 43.0 Å². The van der Waals surface area contributed by atoms with E-state index in [0.29, 0.717) is 18.4 Å². The number of rotatable bonds is 18. The predicted molar refractivity (Wildman–Crippen MR) is 150 cm³/mol. The van der Waals surface area contributed by atoms with Gasteiger partial charge in [-0.05, 0) is 50.3 Å². The van der Waals surface area contributed by atoms with Crippen molar-refractivity contribution in [3.63, 3.8) is 0 Å². The minimum Gasteiger partial charge on any atom is -0.461 e. The van der Waals surface area contributed by atoms with E-state index in [4.69, 9.17) is 29.4 Å². The Hall–Kier alpha value is -3.14. The van der Waals surface area contributed by atoms with Gasteiger partial charge < -0.3 is 29.4 Å². The molecule has 10 heteroatoms. The van der Waals surface area contributed by atoms with Gasteiger partial charge in [0.15, 0.2) is 11.5 Å². The van der Waals surface area contributed by atoms with E-state index in [9.17, 15) is 19.2 Å². The standard InChI is InChI=1S/C30H47NO9/c1-7-10-11-16-36-30(35)38-22(6)19-37-29(34)24(31)17-23-14-15-25(39-27(32)20(4)12-8-2)26(18-23)40-28(33)21(5)13-9-3/h14-15,18,20-22,24H,7-13,16-17,19,31H2,1-6H3/t20?,21?,22-,24-/m0/s1. The number of benzene rings is 1. The second-order valence-corrected chi connectivity index (χ2v) is 10.2. The number of carbonyl (C=O) groups excluding carboxylic acids is 4. The molecule has 0 saturated carbocycles. The van der Waals surface area contributed by atoms with Crippen LogP contribution in [-0.2, 0) is 35.0 Å². The number of hydrogen-bond acceptors (Lipinski definition) is 10. The van der Waals surface area contributed by atoms with Crippen LogP contribution < -0.4 is 15.2 Å². The molecule has 0 aliphatic heterocycles. The third-order valence-corrected chi connectivity index (χ3v) is 6.16. The van der Waals surface area contributed by atoms with Gasteiger partial charge >= 0.3 is 24.1 Å². The molecule has 0 radical (unpaired) electrons. The summed E-state index contributed by atoms with van der Waals surface area (Å²) in [5.74, 6) is -2.00. The Kier molecular flexibility index (Phi) is 16.6. The second kappa shape index (κ2) is 19.0. The number of carbonyl (C=O) groups is 4. The molecule has 0 fully saturated rings. The van der Waals surface area contributed by atoms with Crippen LogP contribution in [0.5, 0.6) is 11.5 Å². The van der Waals surface area contributed by atoms with Crippen molar-refractivity contribution in [2.75, 3.05) is 13.2 Å². The summed E-state index contributed by atoms with van der Waals surface area (Å²) in [6.07, 6.45) is 4.21. The average molecular weight is 566 g/mol. The number of ether oxygens (including phenoxy) is 5. The molecule has 0 amide bonds. The maximum Gasteiger partial charge on any atom is 0.508 e. The molecule has 1 aromatic carbocycles. The fourth-order valence-electron chi connectivity index (χ4n) is 3.75. The summed E-state index contributed by atoms with van der Waals surface area (Å²) in [5, 5.41) is 0. The molecule has 0 saturated heterocycles. The van der Waals surface area contributed by atoms with Crippen LogP contribution in [0.3, 0.4) is 0 Å². The molecular formula is C30H47NO9. The predicted octanol–water partition coefficient (Wildman–Crippen LogP) is 5.51. The first kappa shape index (κ1) is 34.9. The van der Waals surface area contributed by atoms with Gasteiger partial charge in [-0.2, -0.15) is 0 Å². The number of esters is 3. The smallest absolute Gasteiger partial charge is 0.461 e. The summed E-state index contributed by atoms with van der Waals surface area (Å²) in [6, 6.07) is 3.68. The molecule has 0 aliphatic rings. The van der Waals surface area contributed by atoms with Crippen LogP contribution in [0, 0.1) is 11.8 Å². The quantitative estimate of drug-likeness (QED) is 0.137. The maximum absolute atomic E-state index is 12.6. The monoisotopic (exact) mass is 565 g/mol. The molecule has 40 heavy (non-hydrogen) atoms. The first-order chi connectivity index (χ1) is 19.0. The Labute approximate surface area is 238 Å². The lowest BCUT2D eigenvalue weighted by Gasteiger charge is -2.18. The van der Waals surface area contributed by atoms with E-state index >= 15 is 0 Å². The summed E-state index contributed by atoms with van der Waals surface area (Å²) in [4.78, 5) is 49.3. The topological polar surface area (TPSA) is 140 Å². The highest BCUT2D eigenvalue weighted by Gasteiger charge is 2.23. The van der Waals surface area contributed by atoms with Gasteiger partial charge in [-0.15, -0.1) is 0 Å². The van der Waals surface area contributed by atoms with Crippen molar-refractivity contribution in [2.24, 2.45) is 17.6 Å². The molecule has 1 rings (SSSR count). The molecule has 0 bridgehead atoms. The van der Waals surface area contributed by atoms with E-state index in [1.54, 1.807) is 26.8 Å². The first-order valence-electron chi connectivity index (χ1n) is 14.3. The molecule has 0 aliphatic carbocycles. The molecule has 10 nitrogen and oxygen atoms in total. The SMILES string of the molecule is CCCCCOC(=O)O[C@@H](C)COC(=O)[C@@H](N)Cc1ccc(OC(=O)C(C)CCC)c(OC(=O)C(C)CCC)c1.